The van der Waals surface area contributed by atoms with Gasteiger partial charge in [-0.3, -0.25) is 9.78 Å². The van der Waals surface area contributed by atoms with Gasteiger partial charge < -0.3 is 10.2 Å². The Hall–Kier alpha value is -3.15. The monoisotopic (exact) mass is 413 g/mol. The Kier molecular flexibility index (Phi) is 3.86. The predicted molar refractivity (Wildman–Crippen MR) is 119 cm³/mol. The van der Waals surface area contributed by atoms with E-state index < -0.39 is 0 Å². The maximum atomic E-state index is 13.6. The van der Waals surface area contributed by atoms with Gasteiger partial charge in [0.25, 0.3) is 5.91 Å². The Bertz CT molecular complexity index is 1140. The molecule has 1 aromatic carbocycles. The summed E-state index contributed by atoms with van der Waals surface area (Å²) in [4.78, 5) is 19.8. The van der Waals surface area contributed by atoms with E-state index in [2.05, 4.69) is 65.6 Å². The van der Waals surface area contributed by atoms with Gasteiger partial charge in [0, 0.05) is 30.9 Å². The SMILES string of the molecule is CC1(C)C[C@H](c2ccccc2)Nc2c(C(=O)N3CC4CC4(c4ccncc4)C3)cnn21. The van der Waals surface area contributed by atoms with Crippen LogP contribution in [0.25, 0.3) is 0 Å². The lowest BCUT2D eigenvalue weighted by molar-refractivity contribution is 0.0772. The van der Waals surface area contributed by atoms with Gasteiger partial charge >= 0.3 is 0 Å². The molecule has 2 fully saturated rings. The van der Waals surface area contributed by atoms with Crippen molar-refractivity contribution in [3.05, 3.63) is 77.7 Å². The van der Waals surface area contributed by atoms with Crippen LogP contribution >= 0.6 is 0 Å². The Labute approximate surface area is 182 Å². The normalized spacial score (nSPS) is 27.9. The summed E-state index contributed by atoms with van der Waals surface area (Å²) < 4.78 is 2.00. The first-order valence-corrected chi connectivity index (χ1v) is 11.1. The number of likely N-dealkylation sites (tertiary alicyclic amines) is 1. The lowest BCUT2D eigenvalue weighted by Crippen LogP contribution is -2.39. The zero-order chi connectivity index (χ0) is 21.2. The van der Waals surface area contributed by atoms with Gasteiger partial charge in [0.05, 0.1) is 17.8 Å². The average molecular weight is 414 g/mol. The van der Waals surface area contributed by atoms with Crippen molar-refractivity contribution in [3.63, 3.8) is 0 Å². The van der Waals surface area contributed by atoms with Gasteiger partial charge in [0.2, 0.25) is 0 Å². The minimum atomic E-state index is -0.176. The van der Waals surface area contributed by atoms with Gasteiger partial charge in [-0.2, -0.15) is 5.10 Å². The molecule has 2 unspecified atom stereocenters. The Morgan fingerprint density at radius 2 is 1.87 bits per heavy atom. The number of anilines is 1. The third-order valence-electron chi connectivity index (χ3n) is 7.48. The summed E-state index contributed by atoms with van der Waals surface area (Å²) in [6, 6.07) is 14.8. The van der Waals surface area contributed by atoms with Crippen molar-refractivity contribution in [2.75, 3.05) is 18.4 Å². The van der Waals surface area contributed by atoms with E-state index in [4.69, 9.17) is 0 Å². The summed E-state index contributed by atoms with van der Waals surface area (Å²) in [5.41, 5.74) is 3.17. The van der Waals surface area contributed by atoms with Crippen molar-refractivity contribution < 1.29 is 4.79 Å². The molecule has 3 aliphatic rings. The quantitative estimate of drug-likeness (QED) is 0.705. The summed E-state index contributed by atoms with van der Waals surface area (Å²) >= 11 is 0. The maximum Gasteiger partial charge on any atom is 0.259 e. The fourth-order valence-electron chi connectivity index (χ4n) is 5.73. The molecule has 6 rings (SSSR count). The molecule has 0 radical (unpaired) electrons. The molecular weight excluding hydrogens is 386 g/mol. The van der Waals surface area contributed by atoms with Crippen LogP contribution in [-0.4, -0.2) is 38.7 Å². The largest absolute Gasteiger partial charge is 0.363 e. The van der Waals surface area contributed by atoms with E-state index in [0.717, 1.165) is 31.7 Å². The Balaban J connectivity index is 1.29. The minimum Gasteiger partial charge on any atom is -0.363 e. The van der Waals surface area contributed by atoms with Crippen LogP contribution in [0.4, 0.5) is 5.82 Å². The highest BCUT2D eigenvalue weighted by atomic mass is 16.2. The minimum absolute atomic E-state index is 0.0823. The smallest absolute Gasteiger partial charge is 0.259 e. The third kappa shape index (κ3) is 2.81. The molecule has 6 nitrogen and oxygen atoms in total. The first kappa shape index (κ1) is 18.6. The van der Waals surface area contributed by atoms with Gasteiger partial charge in [-0.25, -0.2) is 4.68 Å². The molecule has 31 heavy (non-hydrogen) atoms. The van der Waals surface area contributed by atoms with Crippen molar-refractivity contribution >= 4 is 11.7 Å². The third-order valence-corrected chi connectivity index (χ3v) is 7.48. The number of benzene rings is 1. The average Bonchev–Trinajstić information content (AvgIpc) is 3.13. The molecule has 0 spiro atoms. The molecule has 4 heterocycles. The molecule has 1 saturated carbocycles. The van der Waals surface area contributed by atoms with Gasteiger partial charge in [-0.05, 0) is 55.9 Å². The van der Waals surface area contributed by atoms with E-state index in [1.807, 2.05) is 28.0 Å². The fourth-order valence-corrected chi connectivity index (χ4v) is 5.73. The number of nitrogens with zero attached hydrogens (tertiary/aromatic N) is 4. The van der Waals surface area contributed by atoms with E-state index in [1.165, 1.54) is 11.1 Å². The number of hydrogen-bond donors (Lipinski definition) is 1. The highest BCUT2D eigenvalue weighted by Gasteiger charge is 2.61. The summed E-state index contributed by atoms with van der Waals surface area (Å²) in [6.07, 6.45) is 7.54. The van der Waals surface area contributed by atoms with Crippen LogP contribution in [0.2, 0.25) is 0 Å². The second kappa shape index (κ2) is 6.42. The van der Waals surface area contributed by atoms with E-state index >= 15 is 0 Å². The number of amides is 1. The molecule has 2 aromatic heterocycles. The molecule has 1 N–H and O–H groups in total. The van der Waals surface area contributed by atoms with Gasteiger partial charge in [0.1, 0.15) is 11.4 Å². The van der Waals surface area contributed by atoms with Gasteiger partial charge in [0.15, 0.2) is 0 Å². The molecule has 6 heteroatoms. The first-order chi connectivity index (χ1) is 15.0. The van der Waals surface area contributed by atoms with E-state index in [9.17, 15) is 4.79 Å². The molecule has 0 bridgehead atoms. The van der Waals surface area contributed by atoms with Gasteiger partial charge in [-0.1, -0.05) is 30.3 Å². The number of fused-ring (bicyclic) bond motifs is 2. The number of piperidine rings is 1. The highest BCUT2D eigenvalue weighted by molar-refractivity contribution is 5.99. The van der Waals surface area contributed by atoms with Crippen molar-refractivity contribution in [2.24, 2.45) is 5.92 Å². The molecular formula is C25H27N5O. The molecule has 158 valence electrons. The zero-order valence-corrected chi connectivity index (χ0v) is 18.0. The highest BCUT2D eigenvalue weighted by Crippen LogP contribution is 2.59. The van der Waals surface area contributed by atoms with Crippen molar-refractivity contribution in [2.45, 2.75) is 43.7 Å². The number of nitrogens with one attached hydrogen (secondary N) is 1. The van der Waals surface area contributed by atoms with Crippen LogP contribution in [0, 0.1) is 5.92 Å². The molecule has 3 aromatic rings. The summed E-state index contributed by atoms with van der Waals surface area (Å²) in [6.45, 7) is 5.98. The van der Waals surface area contributed by atoms with Crippen LogP contribution in [0.15, 0.2) is 61.1 Å². The predicted octanol–water partition coefficient (Wildman–Crippen LogP) is 3.98. The lowest BCUT2D eigenvalue weighted by atomic mass is 9.89. The van der Waals surface area contributed by atoms with Crippen LogP contribution < -0.4 is 5.32 Å². The molecule has 1 aliphatic carbocycles. The number of hydrogen-bond acceptors (Lipinski definition) is 4. The number of aromatic nitrogens is 3. The fraction of sp³-hybridized carbons (Fsp3) is 0.400. The standard InChI is InChI=1S/C25H27N5O/c1-24(2)13-21(17-6-4-3-5-7-17)28-22-20(14-27-30(22)24)23(31)29-15-19-12-25(19,16-29)18-8-10-26-11-9-18/h3-11,14,19,21,28H,12-13,15-16H2,1-2H3/t19?,21-,25?/m1/s1. The first-order valence-electron chi connectivity index (χ1n) is 11.1. The van der Waals surface area contributed by atoms with E-state index in [0.29, 0.717) is 11.5 Å². The maximum absolute atomic E-state index is 13.6. The summed E-state index contributed by atoms with van der Waals surface area (Å²) in [5.74, 6) is 1.47. The lowest BCUT2D eigenvalue weighted by Gasteiger charge is -2.38. The number of carbonyl (C=O) groups excluding carboxylic acids is 1. The number of rotatable bonds is 3. The van der Waals surface area contributed by atoms with E-state index in [-0.39, 0.29) is 22.9 Å². The van der Waals surface area contributed by atoms with Crippen molar-refractivity contribution in [3.8, 4) is 0 Å². The van der Waals surface area contributed by atoms with Crippen LogP contribution in [0.1, 0.15) is 54.2 Å². The zero-order valence-electron chi connectivity index (χ0n) is 18.0. The molecule has 2 aliphatic heterocycles. The number of carbonyl (C=O) groups is 1. The van der Waals surface area contributed by atoms with Crippen molar-refractivity contribution in [1.29, 1.82) is 0 Å². The second-order valence-electron chi connectivity index (χ2n) is 9.92. The second-order valence-corrected chi connectivity index (χ2v) is 9.92. The van der Waals surface area contributed by atoms with Crippen molar-refractivity contribution in [1.82, 2.24) is 19.7 Å². The van der Waals surface area contributed by atoms with Crippen LogP contribution in [-0.2, 0) is 11.0 Å². The summed E-state index contributed by atoms with van der Waals surface area (Å²) in [7, 11) is 0. The van der Waals surface area contributed by atoms with Gasteiger partial charge in [-0.15, -0.1) is 0 Å². The topological polar surface area (TPSA) is 63.1 Å². The Morgan fingerprint density at radius 3 is 2.65 bits per heavy atom. The number of pyridine rings is 1. The molecule has 1 amide bonds. The molecule has 1 saturated heterocycles. The van der Waals surface area contributed by atoms with Crippen LogP contribution in [0.5, 0.6) is 0 Å². The summed E-state index contributed by atoms with van der Waals surface area (Å²) in [5, 5.41) is 8.26. The van der Waals surface area contributed by atoms with E-state index in [1.54, 1.807) is 6.20 Å². The molecule has 3 atom stereocenters. The Morgan fingerprint density at radius 1 is 1.10 bits per heavy atom. The van der Waals surface area contributed by atoms with Crippen LogP contribution in [0.3, 0.4) is 0 Å².